The molecule has 0 aliphatic carbocycles. The molecule has 0 atom stereocenters. The van der Waals surface area contributed by atoms with Crippen LogP contribution < -0.4 is 0 Å². The predicted octanol–water partition coefficient (Wildman–Crippen LogP) is 2.29. The highest BCUT2D eigenvalue weighted by Crippen LogP contribution is 2.46. The normalized spacial score (nSPS) is 14.0. The van der Waals surface area contributed by atoms with Crippen LogP contribution in [0, 0.1) is 0 Å². The maximum absolute atomic E-state index is 12.5. The number of carbonyl (C=O) groups is 2. The van der Waals surface area contributed by atoms with Gasteiger partial charge >= 0.3 is 29.9 Å². The standard InChI is InChI=1S/C10H12F6O5/c1-7(2,3)21-5(17)4-20-8(6(18)19,9(11,12)13)10(14,15)16/h4H2,1-3H3,(H,18,19). The summed E-state index contributed by atoms with van der Waals surface area (Å²) in [7, 11) is 0. The van der Waals surface area contributed by atoms with E-state index in [-0.39, 0.29) is 0 Å². The molecule has 0 aliphatic rings. The smallest absolute Gasteiger partial charge is 0.437 e. The zero-order chi connectivity index (χ0) is 17.3. The second-order valence-electron chi connectivity index (χ2n) is 4.86. The van der Waals surface area contributed by atoms with Gasteiger partial charge in [0.25, 0.3) is 0 Å². The quantitative estimate of drug-likeness (QED) is 0.634. The van der Waals surface area contributed by atoms with Gasteiger partial charge < -0.3 is 14.6 Å². The fraction of sp³-hybridized carbons (Fsp3) is 0.800. The van der Waals surface area contributed by atoms with E-state index in [4.69, 9.17) is 5.11 Å². The molecule has 0 fully saturated rings. The highest BCUT2D eigenvalue weighted by molar-refractivity contribution is 5.81. The number of hydrogen-bond acceptors (Lipinski definition) is 4. The minimum absolute atomic E-state index is 1.19. The molecule has 0 unspecified atom stereocenters. The van der Waals surface area contributed by atoms with Crippen molar-refractivity contribution in [3.8, 4) is 0 Å². The average Bonchev–Trinajstić information content (AvgIpc) is 2.09. The zero-order valence-electron chi connectivity index (χ0n) is 11.1. The summed E-state index contributed by atoms with van der Waals surface area (Å²) in [6.07, 6.45) is -12.6. The number of aliphatic carboxylic acids is 1. The summed E-state index contributed by atoms with van der Waals surface area (Å²) >= 11 is 0. The molecular formula is C10H12F6O5. The van der Waals surface area contributed by atoms with E-state index < -0.39 is 42.1 Å². The van der Waals surface area contributed by atoms with Crippen LogP contribution in [0.15, 0.2) is 0 Å². The van der Waals surface area contributed by atoms with Crippen LogP contribution in [0.2, 0.25) is 0 Å². The van der Waals surface area contributed by atoms with Gasteiger partial charge in [-0.25, -0.2) is 9.59 Å². The lowest BCUT2D eigenvalue weighted by molar-refractivity contribution is -0.366. The first-order valence-electron chi connectivity index (χ1n) is 5.27. The van der Waals surface area contributed by atoms with Crippen LogP contribution in [0.25, 0.3) is 0 Å². The molecule has 0 saturated carbocycles. The van der Waals surface area contributed by atoms with Crippen molar-refractivity contribution < 1.29 is 50.5 Å². The molecule has 0 rings (SSSR count). The number of carbonyl (C=O) groups excluding carboxylic acids is 1. The maximum Gasteiger partial charge on any atom is 0.437 e. The Hall–Kier alpha value is -1.52. The van der Waals surface area contributed by atoms with E-state index in [0.717, 1.165) is 0 Å². The van der Waals surface area contributed by atoms with Gasteiger partial charge in [-0.15, -0.1) is 0 Å². The SMILES string of the molecule is CC(C)(C)OC(=O)COC(C(=O)O)(C(F)(F)F)C(F)(F)F. The average molecular weight is 326 g/mol. The molecule has 21 heavy (non-hydrogen) atoms. The van der Waals surface area contributed by atoms with Crippen LogP contribution >= 0.6 is 0 Å². The summed E-state index contributed by atoms with van der Waals surface area (Å²) in [4.78, 5) is 21.6. The van der Waals surface area contributed by atoms with Crippen molar-refractivity contribution in [2.45, 2.75) is 44.3 Å². The Bertz CT molecular complexity index is 392. The molecule has 0 amide bonds. The second kappa shape index (κ2) is 5.70. The first kappa shape index (κ1) is 19.5. The van der Waals surface area contributed by atoms with E-state index in [9.17, 15) is 35.9 Å². The first-order chi connectivity index (χ1) is 9.04. The third-order valence-corrected chi connectivity index (χ3v) is 1.93. The summed E-state index contributed by atoms with van der Waals surface area (Å²) in [5.41, 5.74) is -6.69. The largest absolute Gasteiger partial charge is 0.479 e. The molecule has 0 aromatic rings. The lowest BCUT2D eigenvalue weighted by atomic mass is 10.0. The number of alkyl halides is 6. The molecule has 0 saturated heterocycles. The number of halogens is 6. The number of carboxylic acids is 1. The summed E-state index contributed by atoms with van der Waals surface area (Å²) in [5.74, 6) is -4.90. The van der Waals surface area contributed by atoms with Gasteiger partial charge in [0.05, 0.1) is 0 Å². The molecule has 0 aromatic heterocycles. The van der Waals surface area contributed by atoms with Crippen molar-refractivity contribution in [1.82, 2.24) is 0 Å². The fourth-order valence-corrected chi connectivity index (χ4v) is 1.17. The van der Waals surface area contributed by atoms with Gasteiger partial charge in [-0.3, -0.25) is 0 Å². The Morgan fingerprint density at radius 3 is 1.57 bits per heavy atom. The molecule has 0 aliphatic heterocycles. The maximum atomic E-state index is 12.5. The molecule has 5 nitrogen and oxygen atoms in total. The summed E-state index contributed by atoms with van der Waals surface area (Å²) in [5, 5.41) is 8.32. The number of ether oxygens (including phenoxy) is 2. The summed E-state index contributed by atoms with van der Waals surface area (Å²) < 4.78 is 83.0. The molecule has 1 N–H and O–H groups in total. The number of hydrogen-bond donors (Lipinski definition) is 1. The van der Waals surface area contributed by atoms with Gasteiger partial charge in [0.1, 0.15) is 12.2 Å². The van der Waals surface area contributed by atoms with Crippen LogP contribution in [0.1, 0.15) is 20.8 Å². The highest BCUT2D eigenvalue weighted by Gasteiger charge is 2.78. The van der Waals surface area contributed by atoms with Gasteiger partial charge in [-0.1, -0.05) is 0 Å². The van der Waals surface area contributed by atoms with Crippen molar-refractivity contribution in [2.75, 3.05) is 6.61 Å². The summed E-state index contributed by atoms with van der Waals surface area (Å²) in [6.45, 7) is 2.09. The van der Waals surface area contributed by atoms with Crippen LogP contribution in [-0.4, -0.2) is 47.2 Å². The second-order valence-corrected chi connectivity index (χ2v) is 4.86. The highest BCUT2D eigenvalue weighted by atomic mass is 19.4. The third kappa shape index (κ3) is 4.48. The van der Waals surface area contributed by atoms with E-state index in [1.54, 1.807) is 0 Å². The van der Waals surface area contributed by atoms with E-state index in [0.29, 0.717) is 0 Å². The van der Waals surface area contributed by atoms with Crippen molar-refractivity contribution in [2.24, 2.45) is 0 Å². The summed E-state index contributed by atoms with van der Waals surface area (Å²) in [6, 6.07) is 0. The Morgan fingerprint density at radius 1 is 0.952 bits per heavy atom. The van der Waals surface area contributed by atoms with E-state index >= 15 is 0 Å². The fourth-order valence-electron chi connectivity index (χ4n) is 1.17. The van der Waals surface area contributed by atoms with Crippen molar-refractivity contribution in [3.63, 3.8) is 0 Å². The monoisotopic (exact) mass is 326 g/mol. The minimum Gasteiger partial charge on any atom is -0.479 e. The zero-order valence-corrected chi connectivity index (χ0v) is 11.1. The Balaban J connectivity index is 5.39. The third-order valence-electron chi connectivity index (χ3n) is 1.93. The lowest BCUT2D eigenvalue weighted by Gasteiger charge is -2.32. The predicted molar refractivity (Wildman–Crippen MR) is 54.3 cm³/mol. The molecular weight excluding hydrogens is 314 g/mol. The molecule has 124 valence electrons. The van der Waals surface area contributed by atoms with Crippen LogP contribution in [0.5, 0.6) is 0 Å². The Kier molecular flexibility index (Phi) is 5.29. The van der Waals surface area contributed by atoms with Crippen LogP contribution in [0.3, 0.4) is 0 Å². The number of carboxylic acid groups (broad SMARTS) is 1. The van der Waals surface area contributed by atoms with Gasteiger partial charge in [-0.2, -0.15) is 26.3 Å². The van der Waals surface area contributed by atoms with Gasteiger partial charge in [0, 0.05) is 0 Å². The van der Waals surface area contributed by atoms with Crippen molar-refractivity contribution in [1.29, 1.82) is 0 Å². The molecule has 0 radical (unpaired) electrons. The van der Waals surface area contributed by atoms with Gasteiger partial charge in [0.15, 0.2) is 0 Å². The van der Waals surface area contributed by atoms with Gasteiger partial charge in [0.2, 0.25) is 0 Å². The molecule has 0 bridgehead atoms. The van der Waals surface area contributed by atoms with Gasteiger partial charge in [-0.05, 0) is 20.8 Å². The number of rotatable bonds is 4. The minimum atomic E-state index is -6.32. The molecule has 0 spiro atoms. The first-order valence-corrected chi connectivity index (χ1v) is 5.27. The Labute approximate surface area is 114 Å². The van der Waals surface area contributed by atoms with E-state index in [2.05, 4.69) is 9.47 Å². The van der Waals surface area contributed by atoms with E-state index in [1.165, 1.54) is 20.8 Å². The topological polar surface area (TPSA) is 72.8 Å². The molecule has 11 heteroatoms. The lowest BCUT2D eigenvalue weighted by Crippen LogP contribution is -2.64. The molecule has 0 aromatic carbocycles. The Morgan fingerprint density at radius 2 is 1.33 bits per heavy atom. The molecule has 0 heterocycles. The van der Waals surface area contributed by atoms with Crippen molar-refractivity contribution >= 4 is 11.9 Å². The number of esters is 1. The van der Waals surface area contributed by atoms with Crippen molar-refractivity contribution in [3.05, 3.63) is 0 Å². The van der Waals surface area contributed by atoms with Crippen LogP contribution in [-0.2, 0) is 19.1 Å². The van der Waals surface area contributed by atoms with Crippen LogP contribution in [0.4, 0.5) is 26.3 Å². The van der Waals surface area contributed by atoms with E-state index in [1.807, 2.05) is 0 Å².